The van der Waals surface area contributed by atoms with Crippen molar-refractivity contribution >= 4 is 35.2 Å². The molecule has 0 saturated carbocycles. The van der Waals surface area contributed by atoms with Gasteiger partial charge >= 0.3 is 0 Å². The third-order valence-electron chi connectivity index (χ3n) is 5.18. The van der Waals surface area contributed by atoms with Gasteiger partial charge in [0.05, 0.1) is 18.6 Å². The Kier molecular flexibility index (Phi) is 6.96. The third-order valence-corrected chi connectivity index (χ3v) is 6.35. The van der Waals surface area contributed by atoms with Crippen LogP contribution in [-0.2, 0) is 4.79 Å². The second kappa shape index (κ2) is 10.1. The average molecular weight is 472 g/mol. The fourth-order valence-electron chi connectivity index (χ4n) is 3.42. The number of nitrogens with zero attached hydrogens (tertiary/aromatic N) is 5. The van der Waals surface area contributed by atoms with E-state index >= 15 is 0 Å². The molecule has 8 nitrogen and oxygen atoms in total. The number of piperazine rings is 1. The fraction of sp³-hybridized carbons (Fsp3) is 0.273. The van der Waals surface area contributed by atoms with Crippen molar-refractivity contribution in [1.82, 2.24) is 24.6 Å². The lowest BCUT2D eigenvalue weighted by Gasteiger charge is -2.34. The van der Waals surface area contributed by atoms with Crippen molar-refractivity contribution in [3.05, 3.63) is 65.4 Å². The predicted octanol–water partition coefficient (Wildman–Crippen LogP) is 3.01. The lowest BCUT2D eigenvalue weighted by Crippen LogP contribution is -2.51. The van der Waals surface area contributed by atoms with Gasteiger partial charge in [-0.15, -0.1) is 10.2 Å². The van der Waals surface area contributed by atoms with Gasteiger partial charge in [-0.1, -0.05) is 29.4 Å². The van der Waals surface area contributed by atoms with Crippen LogP contribution in [0.3, 0.4) is 0 Å². The number of amides is 2. The van der Waals surface area contributed by atoms with Crippen molar-refractivity contribution in [3.8, 4) is 11.4 Å². The first kappa shape index (κ1) is 22.2. The number of carbonyl (C=O) groups is 2. The first-order valence-electron chi connectivity index (χ1n) is 10.0. The third kappa shape index (κ3) is 5.05. The summed E-state index contributed by atoms with van der Waals surface area (Å²) in [5.41, 5.74) is 1.45. The molecule has 2 heterocycles. The van der Waals surface area contributed by atoms with E-state index < -0.39 is 0 Å². The van der Waals surface area contributed by atoms with Crippen LogP contribution in [0.4, 0.5) is 0 Å². The van der Waals surface area contributed by atoms with Crippen LogP contribution in [-0.4, -0.2) is 75.4 Å². The number of benzene rings is 2. The topological polar surface area (TPSA) is 80.6 Å². The molecular formula is C22H22ClN5O3S. The summed E-state index contributed by atoms with van der Waals surface area (Å²) in [6.45, 7) is 2.00. The smallest absolute Gasteiger partial charge is 0.253 e. The Morgan fingerprint density at radius 3 is 2.47 bits per heavy atom. The normalized spacial score (nSPS) is 13.8. The van der Waals surface area contributed by atoms with Gasteiger partial charge in [0.2, 0.25) is 5.91 Å². The number of thioether (sulfide) groups is 1. The van der Waals surface area contributed by atoms with Crippen molar-refractivity contribution in [2.24, 2.45) is 0 Å². The first-order valence-corrected chi connectivity index (χ1v) is 11.4. The standard InChI is InChI=1S/C22H22ClN5O3S/c1-31-19-7-5-16(6-8-19)21(30)27-11-9-26(10-12-27)20(29)14-32-22-25-24-15-28(22)18-4-2-3-17(23)13-18/h2-8,13,15H,9-12,14H2,1H3. The molecule has 166 valence electrons. The van der Waals surface area contributed by atoms with E-state index in [0.29, 0.717) is 47.7 Å². The highest BCUT2D eigenvalue weighted by Gasteiger charge is 2.25. The van der Waals surface area contributed by atoms with Crippen LogP contribution in [0, 0.1) is 0 Å². The van der Waals surface area contributed by atoms with Crippen molar-refractivity contribution in [2.45, 2.75) is 5.16 Å². The van der Waals surface area contributed by atoms with Crippen molar-refractivity contribution in [2.75, 3.05) is 39.0 Å². The van der Waals surface area contributed by atoms with Crippen LogP contribution in [0.25, 0.3) is 5.69 Å². The molecule has 0 N–H and O–H groups in total. The Hall–Kier alpha value is -3.04. The molecule has 10 heteroatoms. The maximum Gasteiger partial charge on any atom is 0.253 e. The highest BCUT2D eigenvalue weighted by Crippen LogP contribution is 2.22. The molecule has 32 heavy (non-hydrogen) atoms. The second-order valence-electron chi connectivity index (χ2n) is 7.15. The van der Waals surface area contributed by atoms with E-state index in [1.54, 1.807) is 58.1 Å². The van der Waals surface area contributed by atoms with Crippen LogP contribution in [0.1, 0.15) is 10.4 Å². The van der Waals surface area contributed by atoms with E-state index in [1.807, 2.05) is 18.2 Å². The van der Waals surface area contributed by atoms with Crippen LogP contribution in [0.15, 0.2) is 60.0 Å². The van der Waals surface area contributed by atoms with Crippen molar-refractivity contribution in [3.63, 3.8) is 0 Å². The Labute approximate surface area is 195 Å². The molecule has 1 saturated heterocycles. The Bertz CT molecular complexity index is 1100. The lowest BCUT2D eigenvalue weighted by molar-refractivity contribution is -0.129. The predicted molar refractivity (Wildman–Crippen MR) is 123 cm³/mol. The number of hydrogen-bond donors (Lipinski definition) is 0. The molecule has 1 aromatic heterocycles. The minimum Gasteiger partial charge on any atom is -0.497 e. The molecule has 1 aliphatic rings. The van der Waals surface area contributed by atoms with E-state index in [4.69, 9.17) is 16.3 Å². The summed E-state index contributed by atoms with van der Waals surface area (Å²) >= 11 is 7.40. The van der Waals surface area contributed by atoms with Crippen molar-refractivity contribution in [1.29, 1.82) is 0 Å². The average Bonchev–Trinajstić information content (AvgIpc) is 3.31. The zero-order valence-electron chi connectivity index (χ0n) is 17.5. The first-order chi connectivity index (χ1) is 15.5. The fourth-order valence-corrected chi connectivity index (χ4v) is 4.43. The molecule has 0 atom stereocenters. The zero-order chi connectivity index (χ0) is 22.5. The summed E-state index contributed by atoms with van der Waals surface area (Å²) in [4.78, 5) is 29.0. The van der Waals surface area contributed by atoms with Gasteiger partial charge in [-0.25, -0.2) is 0 Å². The van der Waals surface area contributed by atoms with E-state index in [9.17, 15) is 9.59 Å². The van der Waals surface area contributed by atoms with Gasteiger partial charge in [-0.3, -0.25) is 14.2 Å². The minimum absolute atomic E-state index is 0.00666. The minimum atomic E-state index is -0.0382. The van der Waals surface area contributed by atoms with Gasteiger partial charge in [0.25, 0.3) is 5.91 Å². The highest BCUT2D eigenvalue weighted by atomic mass is 35.5. The molecule has 2 amide bonds. The summed E-state index contributed by atoms with van der Waals surface area (Å²) in [7, 11) is 1.59. The van der Waals surface area contributed by atoms with Gasteiger partial charge in [0.15, 0.2) is 5.16 Å². The van der Waals surface area contributed by atoms with E-state index in [1.165, 1.54) is 11.8 Å². The molecule has 0 aliphatic carbocycles. The maximum atomic E-state index is 12.7. The number of rotatable bonds is 6. The lowest BCUT2D eigenvalue weighted by atomic mass is 10.1. The van der Waals surface area contributed by atoms with Crippen LogP contribution >= 0.6 is 23.4 Å². The molecule has 1 fully saturated rings. The largest absolute Gasteiger partial charge is 0.497 e. The molecule has 3 aromatic rings. The maximum absolute atomic E-state index is 12.7. The number of methoxy groups -OCH3 is 1. The van der Waals surface area contributed by atoms with Gasteiger partial charge in [0, 0.05) is 36.8 Å². The van der Waals surface area contributed by atoms with E-state index in [2.05, 4.69) is 10.2 Å². The Balaban J connectivity index is 1.30. The summed E-state index contributed by atoms with van der Waals surface area (Å²) in [5.74, 6) is 0.919. The van der Waals surface area contributed by atoms with Gasteiger partial charge in [-0.2, -0.15) is 0 Å². The number of ether oxygens (including phenoxy) is 1. The quantitative estimate of drug-likeness (QED) is 0.514. The molecule has 0 radical (unpaired) electrons. The molecule has 4 rings (SSSR count). The molecular weight excluding hydrogens is 450 g/mol. The Morgan fingerprint density at radius 2 is 1.78 bits per heavy atom. The summed E-state index contributed by atoms with van der Waals surface area (Å²) in [5, 5.41) is 9.32. The Morgan fingerprint density at radius 1 is 1.06 bits per heavy atom. The summed E-state index contributed by atoms with van der Waals surface area (Å²) in [6, 6.07) is 14.4. The SMILES string of the molecule is COc1ccc(C(=O)N2CCN(C(=O)CSc3nncn3-c3cccc(Cl)c3)CC2)cc1. The van der Waals surface area contributed by atoms with Gasteiger partial charge in [-0.05, 0) is 42.5 Å². The number of aromatic nitrogens is 3. The monoisotopic (exact) mass is 471 g/mol. The zero-order valence-corrected chi connectivity index (χ0v) is 19.1. The summed E-state index contributed by atoms with van der Waals surface area (Å²) < 4.78 is 6.94. The van der Waals surface area contributed by atoms with E-state index in [0.717, 1.165) is 5.69 Å². The molecule has 1 aliphatic heterocycles. The summed E-state index contributed by atoms with van der Waals surface area (Å²) in [6.07, 6.45) is 1.60. The van der Waals surface area contributed by atoms with Gasteiger partial charge < -0.3 is 14.5 Å². The highest BCUT2D eigenvalue weighted by molar-refractivity contribution is 7.99. The molecule has 2 aromatic carbocycles. The number of halogens is 1. The second-order valence-corrected chi connectivity index (χ2v) is 8.53. The molecule has 0 bridgehead atoms. The van der Waals surface area contributed by atoms with Crippen molar-refractivity contribution < 1.29 is 14.3 Å². The molecule has 0 unspecified atom stereocenters. The van der Waals surface area contributed by atoms with Crippen LogP contribution < -0.4 is 4.74 Å². The number of carbonyl (C=O) groups excluding carboxylic acids is 2. The van der Waals surface area contributed by atoms with Crippen LogP contribution in [0.2, 0.25) is 5.02 Å². The molecule has 0 spiro atoms. The van der Waals surface area contributed by atoms with E-state index in [-0.39, 0.29) is 17.6 Å². The van der Waals surface area contributed by atoms with Gasteiger partial charge in [0.1, 0.15) is 12.1 Å². The number of hydrogen-bond acceptors (Lipinski definition) is 6. The van der Waals surface area contributed by atoms with Crippen LogP contribution in [0.5, 0.6) is 5.75 Å².